The predicted octanol–water partition coefficient (Wildman–Crippen LogP) is 3.07. The Morgan fingerprint density at radius 1 is 1.35 bits per heavy atom. The lowest BCUT2D eigenvalue weighted by molar-refractivity contribution is -0.138. The van der Waals surface area contributed by atoms with Gasteiger partial charge in [0.05, 0.1) is 12.7 Å². The second-order valence-electron chi connectivity index (χ2n) is 3.79. The van der Waals surface area contributed by atoms with E-state index in [2.05, 4.69) is 9.68 Å². The van der Waals surface area contributed by atoms with Crippen LogP contribution in [0.2, 0.25) is 0 Å². The Morgan fingerprint density at radius 3 is 2.55 bits per heavy atom. The van der Waals surface area contributed by atoms with Crippen molar-refractivity contribution in [2.24, 2.45) is 0 Å². The summed E-state index contributed by atoms with van der Waals surface area (Å²) in [5.74, 6) is -2.10. The highest BCUT2D eigenvalue weighted by Crippen LogP contribution is 2.38. The molecular weight excluding hydrogens is 279 g/mol. The molecule has 2 aromatic rings. The average Bonchev–Trinajstić information content (AvgIpc) is 2.86. The molecule has 0 aliphatic carbocycles. The van der Waals surface area contributed by atoms with E-state index in [1.165, 1.54) is 0 Å². The number of hydrogen-bond donors (Lipinski definition) is 1. The lowest BCUT2D eigenvalue weighted by atomic mass is 10.1. The largest absolute Gasteiger partial charge is 0.496 e. The van der Waals surface area contributed by atoms with Crippen LogP contribution in [0.4, 0.5) is 13.2 Å². The molecule has 2 rings (SSSR count). The Labute approximate surface area is 110 Å². The summed E-state index contributed by atoms with van der Waals surface area (Å²) < 4.78 is 47.3. The number of carboxylic acid groups (broad SMARTS) is 1. The maximum atomic E-state index is 12.7. The first kappa shape index (κ1) is 13.9. The molecule has 0 spiro atoms. The van der Waals surface area contributed by atoms with E-state index < -0.39 is 23.5 Å². The predicted molar refractivity (Wildman–Crippen MR) is 60.5 cm³/mol. The second-order valence-corrected chi connectivity index (χ2v) is 3.79. The van der Waals surface area contributed by atoms with Crippen molar-refractivity contribution in [1.82, 2.24) is 5.16 Å². The highest BCUT2D eigenvalue weighted by atomic mass is 19.4. The molecule has 0 unspecified atom stereocenters. The number of aromatic carboxylic acids is 1. The minimum atomic E-state index is -4.54. The Bertz CT molecular complexity index is 648. The highest BCUT2D eigenvalue weighted by molar-refractivity contribution is 5.85. The van der Waals surface area contributed by atoms with Crippen molar-refractivity contribution in [2.45, 2.75) is 6.18 Å². The minimum Gasteiger partial charge on any atom is -0.496 e. The van der Waals surface area contributed by atoms with Crippen LogP contribution in [0.5, 0.6) is 5.75 Å². The van der Waals surface area contributed by atoms with Crippen molar-refractivity contribution in [3.8, 4) is 17.0 Å². The third-order valence-electron chi connectivity index (χ3n) is 2.52. The van der Waals surface area contributed by atoms with Gasteiger partial charge in [0.15, 0.2) is 0 Å². The van der Waals surface area contributed by atoms with Gasteiger partial charge in [-0.3, -0.25) is 0 Å². The SMILES string of the molecule is COc1cc(-c2cc(C(=O)O)on2)ccc1C(F)(F)F. The van der Waals surface area contributed by atoms with Gasteiger partial charge in [-0.2, -0.15) is 13.2 Å². The molecule has 0 aliphatic heterocycles. The molecule has 1 aromatic heterocycles. The van der Waals surface area contributed by atoms with Crippen molar-refractivity contribution >= 4 is 5.97 Å². The first-order valence-corrected chi connectivity index (χ1v) is 5.28. The number of ether oxygens (including phenoxy) is 1. The molecule has 0 atom stereocenters. The van der Waals surface area contributed by atoms with E-state index in [9.17, 15) is 18.0 Å². The van der Waals surface area contributed by atoms with Crippen molar-refractivity contribution < 1.29 is 32.3 Å². The third kappa shape index (κ3) is 2.58. The summed E-state index contributed by atoms with van der Waals surface area (Å²) in [6.07, 6.45) is -4.54. The molecule has 0 aliphatic rings. The van der Waals surface area contributed by atoms with Gasteiger partial charge in [-0.15, -0.1) is 0 Å². The molecule has 0 saturated carbocycles. The molecule has 1 aromatic carbocycles. The van der Waals surface area contributed by atoms with Crippen LogP contribution in [-0.4, -0.2) is 23.3 Å². The number of carbonyl (C=O) groups is 1. The van der Waals surface area contributed by atoms with Crippen LogP contribution in [0.15, 0.2) is 28.8 Å². The van der Waals surface area contributed by atoms with Gasteiger partial charge in [-0.1, -0.05) is 11.2 Å². The minimum absolute atomic E-state index is 0.106. The monoisotopic (exact) mass is 287 g/mol. The van der Waals surface area contributed by atoms with Crippen LogP contribution in [0.25, 0.3) is 11.3 Å². The van der Waals surface area contributed by atoms with E-state index in [1.807, 2.05) is 0 Å². The van der Waals surface area contributed by atoms with E-state index in [0.717, 1.165) is 31.4 Å². The first-order chi connectivity index (χ1) is 9.32. The number of methoxy groups -OCH3 is 1. The number of rotatable bonds is 3. The fourth-order valence-electron chi connectivity index (χ4n) is 1.60. The highest BCUT2D eigenvalue weighted by Gasteiger charge is 2.34. The Morgan fingerprint density at radius 2 is 2.05 bits per heavy atom. The molecule has 8 heteroatoms. The van der Waals surface area contributed by atoms with Gasteiger partial charge in [0, 0.05) is 11.6 Å². The molecule has 5 nitrogen and oxygen atoms in total. The van der Waals surface area contributed by atoms with Crippen molar-refractivity contribution in [2.75, 3.05) is 7.11 Å². The number of aromatic nitrogens is 1. The Kier molecular flexibility index (Phi) is 3.39. The van der Waals surface area contributed by atoms with E-state index in [0.29, 0.717) is 0 Å². The zero-order valence-electron chi connectivity index (χ0n) is 10.1. The maximum absolute atomic E-state index is 12.7. The molecule has 0 radical (unpaired) electrons. The zero-order chi connectivity index (χ0) is 14.9. The van der Waals surface area contributed by atoms with Crippen molar-refractivity contribution in [3.05, 3.63) is 35.6 Å². The van der Waals surface area contributed by atoms with Gasteiger partial charge >= 0.3 is 12.1 Å². The summed E-state index contributed by atoms with van der Waals surface area (Å²) in [7, 11) is 1.11. The standard InChI is InChI=1S/C12H8F3NO4/c1-19-9-4-6(2-3-7(9)12(13,14)15)8-5-10(11(17)18)20-16-8/h2-5H,1H3,(H,17,18). The summed E-state index contributed by atoms with van der Waals surface area (Å²) >= 11 is 0. The van der Waals surface area contributed by atoms with E-state index in [4.69, 9.17) is 9.84 Å². The molecule has 106 valence electrons. The van der Waals surface area contributed by atoms with Gasteiger partial charge in [0.25, 0.3) is 0 Å². The summed E-state index contributed by atoms with van der Waals surface area (Å²) in [5, 5.41) is 12.2. The smallest absolute Gasteiger partial charge is 0.419 e. The summed E-state index contributed by atoms with van der Waals surface area (Å²) in [6.45, 7) is 0. The topological polar surface area (TPSA) is 72.6 Å². The number of halogens is 3. The lowest BCUT2D eigenvalue weighted by Gasteiger charge is -2.12. The fourth-order valence-corrected chi connectivity index (χ4v) is 1.60. The van der Waals surface area contributed by atoms with Gasteiger partial charge in [0.1, 0.15) is 11.4 Å². The van der Waals surface area contributed by atoms with E-state index in [1.54, 1.807) is 0 Å². The van der Waals surface area contributed by atoms with Gasteiger partial charge in [-0.05, 0) is 12.1 Å². The van der Waals surface area contributed by atoms with Crippen LogP contribution in [0.3, 0.4) is 0 Å². The van der Waals surface area contributed by atoms with Gasteiger partial charge in [0.2, 0.25) is 5.76 Å². The molecule has 0 saturated heterocycles. The first-order valence-electron chi connectivity index (χ1n) is 5.28. The number of alkyl halides is 3. The average molecular weight is 287 g/mol. The summed E-state index contributed by atoms with van der Waals surface area (Å²) in [6, 6.07) is 4.23. The zero-order valence-corrected chi connectivity index (χ0v) is 10.1. The number of hydrogen-bond acceptors (Lipinski definition) is 4. The van der Waals surface area contributed by atoms with Gasteiger partial charge < -0.3 is 14.4 Å². The van der Waals surface area contributed by atoms with Crippen LogP contribution < -0.4 is 4.74 Å². The molecule has 0 amide bonds. The van der Waals surface area contributed by atoms with E-state index >= 15 is 0 Å². The van der Waals surface area contributed by atoms with Crippen molar-refractivity contribution in [1.29, 1.82) is 0 Å². The second kappa shape index (κ2) is 4.87. The van der Waals surface area contributed by atoms with Crippen LogP contribution in [-0.2, 0) is 6.18 Å². The molecule has 1 N–H and O–H groups in total. The third-order valence-corrected chi connectivity index (χ3v) is 2.52. The Balaban J connectivity index is 2.46. The lowest BCUT2D eigenvalue weighted by Crippen LogP contribution is -2.07. The molecule has 0 fully saturated rings. The van der Waals surface area contributed by atoms with Crippen LogP contribution in [0.1, 0.15) is 16.1 Å². The fraction of sp³-hybridized carbons (Fsp3) is 0.167. The number of benzene rings is 1. The molecule has 1 heterocycles. The van der Waals surface area contributed by atoms with E-state index in [-0.39, 0.29) is 17.0 Å². The molecular formula is C12H8F3NO4. The van der Waals surface area contributed by atoms with Crippen molar-refractivity contribution in [3.63, 3.8) is 0 Å². The quantitative estimate of drug-likeness (QED) is 0.939. The normalized spacial score (nSPS) is 11.4. The number of nitrogens with zero attached hydrogens (tertiary/aromatic N) is 1. The van der Waals surface area contributed by atoms with Gasteiger partial charge in [-0.25, -0.2) is 4.79 Å². The van der Waals surface area contributed by atoms with Crippen LogP contribution in [0, 0.1) is 0 Å². The van der Waals surface area contributed by atoms with Crippen LogP contribution >= 0.6 is 0 Å². The Hall–Kier alpha value is -2.51. The molecule has 20 heavy (non-hydrogen) atoms. The number of carboxylic acids is 1. The summed E-state index contributed by atoms with van der Waals surface area (Å²) in [5.41, 5.74) is -0.564. The molecule has 0 bridgehead atoms. The summed E-state index contributed by atoms with van der Waals surface area (Å²) in [4.78, 5) is 10.6. The maximum Gasteiger partial charge on any atom is 0.419 e.